The largest absolute Gasteiger partial charge is 0.485 e. The fraction of sp³-hybridized carbons (Fsp3) is 0.176. The van der Waals surface area contributed by atoms with Gasteiger partial charge >= 0.3 is 0 Å². The van der Waals surface area contributed by atoms with Crippen molar-refractivity contribution in [1.82, 2.24) is 9.55 Å². The van der Waals surface area contributed by atoms with E-state index in [0.717, 1.165) is 16.5 Å². The quantitative estimate of drug-likeness (QED) is 0.743. The van der Waals surface area contributed by atoms with Gasteiger partial charge in [-0.2, -0.15) is 0 Å². The minimum atomic E-state index is -0.0907. The van der Waals surface area contributed by atoms with E-state index in [-0.39, 0.29) is 12.2 Å². The van der Waals surface area contributed by atoms with E-state index in [1.807, 2.05) is 36.4 Å². The van der Waals surface area contributed by atoms with Gasteiger partial charge in [0, 0.05) is 34.6 Å². The molecule has 0 radical (unpaired) electrons. The highest BCUT2D eigenvalue weighted by Crippen LogP contribution is 2.31. The zero-order chi connectivity index (χ0) is 15.7. The number of fused-ring (bicyclic) bond motifs is 1. The lowest BCUT2D eigenvalue weighted by Gasteiger charge is -2.12. The third-order valence-corrected chi connectivity index (χ3v) is 3.87. The maximum absolute atomic E-state index is 11.8. The van der Waals surface area contributed by atoms with Crippen molar-refractivity contribution in [3.05, 3.63) is 69.4 Å². The van der Waals surface area contributed by atoms with E-state index in [1.54, 1.807) is 14.0 Å². The van der Waals surface area contributed by atoms with Gasteiger partial charge in [0.25, 0.3) is 5.56 Å². The number of ether oxygens (including phenoxy) is 1. The normalized spacial score (nSPS) is 10.9. The van der Waals surface area contributed by atoms with E-state index in [0.29, 0.717) is 16.5 Å². The Bertz CT molecular complexity index is 903. The predicted molar refractivity (Wildman–Crippen MR) is 87.5 cm³/mol. The van der Waals surface area contributed by atoms with Crippen LogP contribution in [-0.4, -0.2) is 9.55 Å². The van der Waals surface area contributed by atoms with Crippen molar-refractivity contribution in [2.45, 2.75) is 13.5 Å². The molecule has 0 amide bonds. The van der Waals surface area contributed by atoms with E-state index < -0.39 is 0 Å². The highest BCUT2D eigenvalue weighted by molar-refractivity contribution is 6.35. The summed E-state index contributed by atoms with van der Waals surface area (Å²) in [4.78, 5) is 16.1. The van der Waals surface area contributed by atoms with Crippen LogP contribution >= 0.6 is 11.6 Å². The van der Waals surface area contributed by atoms with Crippen molar-refractivity contribution in [3.63, 3.8) is 0 Å². The van der Waals surface area contributed by atoms with Crippen LogP contribution in [0, 0.1) is 6.92 Å². The maximum Gasteiger partial charge on any atom is 0.253 e. The molecule has 1 aromatic heterocycles. The topological polar surface area (TPSA) is 44.1 Å². The van der Waals surface area contributed by atoms with Crippen LogP contribution in [0.1, 0.15) is 11.5 Å². The molecule has 112 valence electrons. The van der Waals surface area contributed by atoms with Crippen LogP contribution in [0.25, 0.3) is 10.8 Å². The summed E-state index contributed by atoms with van der Waals surface area (Å²) >= 11 is 6.20. The second-order valence-electron chi connectivity index (χ2n) is 5.09. The molecule has 0 bridgehead atoms. The van der Waals surface area contributed by atoms with Crippen LogP contribution in [0.5, 0.6) is 5.75 Å². The third-order valence-electron chi connectivity index (χ3n) is 3.54. The Balaban J connectivity index is 1.95. The van der Waals surface area contributed by atoms with Gasteiger partial charge in [-0.25, -0.2) is 4.98 Å². The second-order valence-corrected chi connectivity index (χ2v) is 5.50. The summed E-state index contributed by atoms with van der Waals surface area (Å²) in [6, 6.07) is 12.9. The van der Waals surface area contributed by atoms with Gasteiger partial charge in [0.2, 0.25) is 0 Å². The van der Waals surface area contributed by atoms with E-state index in [4.69, 9.17) is 16.3 Å². The van der Waals surface area contributed by atoms with Gasteiger partial charge in [0.05, 0.1) is 0 Å². The number of aromatic nitrogens is 2. The van der Waals surface area contributed by atoms with Gasteiger partial charge in [-0.05, 0) is 19.1 Å². The Hall–Kier alpha value is -2.33. The fourth-order valence-corrected chi connectivity index (χ4v) is 2.57. The fourth-order valence-electron chi connectivity index (χ4n) is 2.35. The average Bonchev–Trinajstić information content (AvgIpc) is 2.51. The van der Waals surface area contributed by atoms with Crippen LogP contribution in [0.15, 0.2) is 47.3 Å². The van der Waals surface area contributed by atoms with Crippen molar-refractivity contribution >= 4 is 22.4 Å². The van der Waals surface area contributed by atoms with Gasteiger partial charge in [-0.3, -0.25) is 9.36 Å². The summed E-state index contributed by atoms with van der Waals surface area (Å²) in [6.07, 6.45) is 0. The molecule has 0 fully saturated rings. The van der Waals surface area contributed by atoms with Crippen molar-refractivity contribution in [2.75, 3.05) is 0 Å². The molecular formula is C17H15ClN2O2. The number of benzene rings is 2. The third kappa shape index (κ3) is 2.70. The first-order valence-corrected chi connectivity index (χ1v) is 7.27. The summed E-state index contributed by atoms with van der Waals surface area (Å²) in [5, 5.41) is 2.56. The zero-order valence-electron chi connectivity index (χ0n) is 12.3. The van der Waals surface area contributed by atoms with Crippen LogP contribution in [0.2, 0.25) is 5.02 Å². The number of hydrogen-bond donors (Lipinski definition) is 0. The lowest BCUT2D eigenvalue weighted by atomic mass is 10.1. The van der Waals surface area contributed by atoms with Gasteiger partial charge in [0.1, 0.15) is 18.2 Å². The highest BCUT2D eigenvalue weighted by Gasteiger charge is 2.08. The first-order valence-electron chi connectivity index (χ1n) is 6.90. The Morgan fingerprint density at radius 3 is 2.68 bits per heavy atom. The number of aryl methyl sites for hydroxylation is 1. The van der Waals surface area contributed by atoms with Gasteiger partial charge < -0.3 is 4.74 Å². The second kappa shape index (κ2) is 5.81. The molecule has 0 unspecified atom stereocenters. The molecule has 5 heteroatoms. The van der Waals surface area contributed by atoms with Gasteiger partial charge in [-0.1, -0.05) is 35.9 Å². The van der Waals surface area contributed by atoms with E-state index in [2.05, 4.69) is 4.98 Å². The molecule has 0 aliphatic heterocycles. The zero-order valence-corrected chi connectivity index (χ0v) is 13.1. The Labute approximate surface area is 132 Å². The number of rotatable bonds is 3. The first kappa shape index (κ1) is 14.6. The summed E-state index contributed by atoms with van der Waals surface area (Å²) < 4.78 is 7.36. The molecule has 22 heavy (non-hydrogen) atoms. The average molecular weight is 315 g/mol. The monoisotopic (exact) mass is 314 g/mol. The van der Waals surface area contributed by atoms with Crippen molar-refractivity contribution in [3.8, 4) is 5.75 Å². The predicted octanol–water partition coefficient (Wildman–Crippen LogP) is 3.47. The lowest BCUT2D eigenvalue weighted by Crippen LogP contribution is -2.23. The Kier molecular flexibility index (Phi) is 3.86. The first-order chi connectivity index (χ1) is 10.6. The van der Waals surface area contributed by atoms with Crippen LogP contribution in [-0.2, 0) is 13.7 Å². The molecule has 0 N–H and O–H groups in total. The lowest BCUT2D eigenvalue weighted by molar-refractivity contribution is 0.292. The van der Waals surface area contributed by atoms with E-state index >= 15 is 0 Å². The Morgan fingerprint density at radius 1 is 1.18 bits per heavy atom. The van der Waals surface area contributed by atoms with Gasteiger partial charge in [0.15, 0.2) is 0 Å². The molecule has 2 aromatic carbocycles. The van der Waals surface area contributed by atoms with Gasteiger partial charge in [-0.15, -0.1) is 0 Å². The Morgan fingerprint density at radius 2 is 1.91 bits per heavy atom. The summed E-state index contributed by atoms with van der Waals surface area (Å²) in [5.41, 5.74) is 0.592. The SMILES string of the molecule is Cc1cc(=O)n(C)c(COc2ccc(Cl)c3ccccc23)n1. The number of halogens is 1. The molecule has 1 heterocycles. The van der Waals surface area contributed by atoms with E-state index in [9.17, 15) is 4.79 Å². The molecular weight excluding hydrogens is 300 g/mol. The summed E-state index contributed by atoms with van der Waals surface area (Å²) in [5.74, 6) is 1.31. The molecule has 0 atom stereocenters. The molecule has 0 aliphatic rings. The molecule has 4 nitrogen and oxygen atoms in total. The van der Waals surface area contributed by atoms with Crippen LogP contribution in [0.4, 0.5) is 0 Å². The highest BCUT2D eigenvalue weighted by atomic mass is 35.5. The van der Waals surface area contributed by atoms with Crippen molar-refractivity contribution in [1.29, 1.82) is 0 Å². The number of hydrogen-bond acceptors (Lipinski definition) is 3. The maximum atomic E-state index is 11.8. The molecule has 0 saturated carbocycles. The standard InChI is InChI=1S/C17H15ClN2O2/c1-11-9-17(21)20(2)16(19-11)10-22-15-8-7-14(18)12-5-3-4-6-13(12)15/h3-9H,10H2,1-2H3. The van der Waals surface area contributed by atoms with E-state index in [1.165, 1.54) is 10.6 Å². The van der Waals surface area contributed by atoms with Crippen molar-refractivity contribution in [2.24, 2.45) is 7.05 Å². The smallest absolute Gasteiger partial charge is 0.253 e. The molecule has 0 saturated heterocycles. The van der Waals surface area contributed by atoms with Crippen molar-refractivity contribution < 1.29 is 4.74 Å². The minimum Gasteiger partial charge on any atom is -0.485 e. The number of nitrogens with zero attached hydrogens (tertiary/aromatic N) is 2. The minimum absolute atomic E-state index is 0.0907. The molecule has 0 spiro atoms. The molecule has 3 rings (SSSR count). The molecule has 3 aromatic rings. The summed E-state index contributed by atoms with van der Waals surface area (Å²) in [6.45, 7) is 2.02. The summed E-state index contributed by atoms with van der Waals surface area (Å²) in [7, 11) is 1.69. The molecule has 0 aliphatic carbocycles. The van der Waals surface area contributed by atoms with Crippen LogP contribution in [0.3, 0.4) is 0 Å². The van der Waals surface area contributed by atoms with Crippen LogP contribution < -0.4 is 10.3 Å².